The molecule has 0 spiro atoms. The Morgan fingerprint density at radius 1 is 1.33 bits per heavy atom. The molecule has 0 bridgehead atoms. The van der Waals surface area contributed by atoms with Gasteiger partial charge in [-0.15, -0.1) is 0 Å². The topological polar surface area (TPSA) is 34.1 Å². The molecule has 0 aliphatic rings. The van der Waals surface area contributed by atoms with Crippen LogP contribution in [0.4, 0.5) is 13.2 Å². The van der Waals surface area contributed by atoms with Gasteiger partial charge in [-0.25, -0.2) is 4.98 Å². The van der Waals surface area contributed by atoms with Gasteiger partial charge in [0.05, 0.1) is 7.11 Å². The molecular formula is C12H17F3N2O. The minimum Gasteiger partial charge on any atom is -0.481 e. The highest BCUT2D eigenvalue weighted by atomic mass is 19.4. The number of hydrogen-bond acceptors (Lipinski definition) is 3. The third-order valence-electron chi connectivity index (χ3n) is 2.42. The zero-order valence-corrected chi connectivity index (χ0v) is 10.3. The lowest BCUT2D eigenvalue weighted by Crippen LogP contribution is -2.16. The van der Waals surface area contributed by atoms with Crippen molar-refractivity contribution >= 4 is 0 Å². The third-order valence-corrected chi connectivity index (χ3v) is 2.42. The van der Waals surface area contributed by atoms with Crippen molar-refractivity contribution in [1.29, 1.82) is 0 Å². The lowest BCUT2D eigenvalue weighted by Gasteiger charge is -2.09. The van der Waals surface area contributed by atoms with Gasteiger partial charge < -0.3 is 10.1 Å². The van der Waals surface area contributed by atoms with Crippen molar-refractivity contribution in [2.45, 2.75) is 32.0 Å². The van der Waals surface area contributed by atoms with Crippen molar-refractivity contribution in [1.82, 2.24) is 10.3 Å². The monoisotopic (exact) mass is 262 g/mol. The van der Waals surface area contributed by atoms with Gasteiger partial charge in [-0.2, -0.15) is 13.2 Å². The first kappa shape index (κ1) is 14.8. The van der Waals surface area contributed by atoms with E-state index in [1.165, 1.54) is 7.11 Å². The summed E-state index contributed by atoms with van der Waals surface area (Å²) in [4.78, 5) is 4.03. The van der Waals surface area contributed by atoms with Gasteiger partial charge in [-0.3, -0.25) is 0 Å². The fourth-order valence-electron chi connectivity index (χ4n) is 1.54. The Hall–Kier alpha value is -1.30. The van der Waals surface area contributed by atoms with Crippen molar-refractivity contribution in [3.05, 3.63) is 23.9 Å². The molecule has 0 saturated heterocycles. The van der Waals surface area contributed by atoms with Crippen LogP contribution in [0.1, 0.15) is 24.8 Å². The Bertz CT molecular complexity index is 355. The highest BCUT2D eigenvalue weighted by Crippen LogP contribution is 2.21. The van der Waals surface area contributed by atoms with Gasteiger partial charge in [0, 0.05) is 24.7 Å². The number of methoxy groups -OCH3 is 1. The molecule has 0 aromatic carbocycles. The Labute approximate surface area is 104 Å². The Balaban J connectivity index is 2.18. The first-order valence-electron chi connectivity index (χ1n) is 5.78. The fourth-order valence-corrected chi connectivity index (χ4v) is 1.54. The SMILES string of the molecule is COc1ncccc1CNCCCCC(F)(F)F. The fraction of sp³-hybridized carbons (Fsp3) is 0.583. The largest absolute Gasteiger partial charge is 0.481 e. The smallest absolute Gasteiger partial charge is 0.389 e. The van der Waals surface area contributed by atoms with E-state index in [-0.39, 0.29) is 6.42 Å². The number of halogens is 3. The van der Waals surface area contributed by atoms with E-state index in [0.717, 1.165) is 5.56 Å². The Morgan fingerprint density at radius 2 is 2.11 bits per heavy atom. The van der Waals surface area contributed by atoms with Crippen LogP contribution in [0.15, 0.2) is 18.3 Å². The van der Waals surface area contributed by atoms with Gasteiger partial charge in [0.25, 0.3) is 0 Å². The molecule has 0 amide bonds. The molecular weight excluding hydrogens is 245 g/mol. The van der Waals surface area contributed by atoms with E-state index in [0.29, 0.717) is 25.4 Å². The minimum atomic E-state index is -4.05. The van der Waals surface area contributed by atoms with Crippen molar-refractivity contribution in [3.8, 4) is 5.88 Å². The number of ether oxygens (including phenoxy) is 1. The summed E-state index contributed by atoms with van der Waals surface area (Å²) in [6.45, 7) is 1.09. The zero-order chi connectivity index (χ0) is 13.4. The van der Waals surface area contributed by atoms with Crippen molar-refractivity contribution < 1.29 is 17.9 Å². The second kappa shape index (κ2) is 7.20. The summed E-state index contributed by atoms with van der Waals surface area (Å²) in [5.41, 5.74) is 0.899. The second-order valence-electron chi connectivity index (χ2n) is 3.92. The summed E-state index contributed by atoms with van der Waals surface area (Å²) in [5.74, 6) is 0.542. The summed E-state index contributed by atoms with van der Waals surface area (Å²) in [6.07, 6.45) is -2.48. The maximum atomic E-state index is 11.9. The first-order valence-corrected chi connectivity index (χ1v) is 5.78. The number of nitrogens with zero attached hydrogens (tertiary/aromatic N) is 1. The summed E-state index contributed by atoms with van der Waals surface area (Å²) in [5, 5.41) is 3.08. The molecule has 0 saturated carbocycles. The highest BCUT2D eigenvalue weighted by molar-refractivity contribution is 5.24. The molecule has 1 heterocycles. The molecule has 1 N–H and O–H groups in total. The molecule has 18 heavy (non-hydrogen) atoms. The summed E-state index contributed by atoms with van der Waals surface area (Å²) in [6, 6.07) is 3.66. The molecule has 3 nitrogen and oxygen atoms in total. The summed E-state index contributed by atoms with van der Waals surface area (Å²) >= 11 is 0. The number of aromatic nitrogens is 1. The molecule has 1 rings (SSSR count). The molecule has 0 aliphatic heterocycles. The molecule has 1 aromatic heterocycles. The molecule has 102 valence electrons. The molecule has 0 atom stereocenters. The third kappa shape index (κ3) is 5.86. The van der Waals surface area contributed by atoms with Crippen molar-refractivity contribution in [2.75, 3.05) is 13.7 Å². The van der Waals surface area contributed by atoms with E-state index in [4.69, 9.17) is 4.74 Å². The van der Waals surface area contributed by atoms with Crippen LogP contribution < -0.4 is 10.1 Å². The maximum Gasteiger partial charge on any atom is 0.389 e. The molecule has 0 aliphatic carbocycles. The summed E-state index contributed by atoms with van der Waals surface area (Å²) < 4.78 is 40.7. The normalized spacial score (nSPS) is 11.6. The van der Waals surface area contributed by atoms with E-state index in [1.54, 1.807) is 12.3 Å². The number of hydrogen-bond donors (Lipinski definition) is 1. The van der Waals surface area contributed by atoms with Crippen LogP contribution in [0.2, 0.25) is 0 Å². The van der Waals surface area contributed by atoms with Gasteiger partial charge in [0.15, 0.2) is 0 Å². The zero-order valence-electron chi connectivity index (χ0n) is 10.3. The van der Waals surface area contributed by atoms with Crippen LogP contribution in [0, 0.1) is 0 Å². The van der Waals surface area contributed by atoms with Crippen LogP contribution in [0.5, 0.6) is 5.88 Å². The van der Waals surface area contributed by atoms with Gasteiger partial charge in [-0.1, -0.05) is 6.07 Å². The highest BCUT2D eigenvalue weighted by Gasteiger charge is 2.25. The van der Waals surface area contributed by atoms with E-state index in [9.17, 15) is 13.2 Å². The first-order chi connectivity index (χ1) is 8.53. The van der Waals surface area contributed by atoms with Gasteiger partial charge in [0.1, 0.15) is 0 Å². The maximum absolute atomic E-state index is 11.9. The number of pyridine rings is 1. The average Bonchev–Trinajstić information content (AvgIpc) is 2.32. The van der Waals surface area contributed by atoms with E-state index in [2.05, 4.69) is 10.3 Å². The van der Waals surface area contributed by atoms with Crippen LogP contribution in [0.3, 0.4) is 0 Å². The van der Waals surface area contributed by atoms with Crippen LogP contribution in [-0.2, 0) is 6.54 Å². The van der Waals surface area contributed by atoms with E-state index in [1.807, 2.05) is 6.07 Å². The van der Waals surface area contributed by atoms with Crippen LogP contribution >= 0.6 is 0 Å². The standard InChI is InChI=1S/C12H17F3N2O/c1-18-11-10(5-4-8-17-11)9-16-7-3-2-6-12(13,14)15/h4-5,8,16H,2-3,6-7,9H2,1H3. The van der Waals surface area contributed by atoms with Crippen molar-refractivity contribution in [3.63, 3.8) is 0 Å². The van der Waals surface area contributed by atoms with Gasteiger partial charge in [-0.05, 0) is 25.5 Å². The predicted octanol–water partition coefficient (Wildman–Crippen LogP) is 2.91. The number of unbranched alkanes of at least 4 members (excludes halogenated alkanes) is 1. The lowest BCUT2D eigenvalue weighted by molar-refractivity contribution is -0.135. The second-order valence-corrected chi connectivity index (χ2v) is 3.92. The minimum absolute atomic E-state index is 0.153. The molecule has 0 radical (unpaired) electrons. The number of rotatable bonds is 7. The van der Waals surface area contributed by atoms with Crippen LogP contribution in [-0.4, -0.2) is 24.8 Å². The van der Waals surface area contributed by atoms with Gasteiger partial charge >= 0.3 is 6.18 Å². The number of alkyl halides is 3. The van der Waals surface area contributed by atoms with E-state index < -0.39 is 12.6 Å². The van der Waals surface area contributed by atoms with Gasteiger partial charge in [0.2, 0.25) is 5.88 Å². The molecule has 0 unspecified atom stereocenters. The summed E-state index contributed by atoms with van der Waals surface area (Å²) in [7, 11) is 1.54. The Kier molecular flexibility index (Phi) is 5.91. The van der Waals surface area contributed by atoms with Crippen LogP contribution in [0.25, 0.3) is 0 Å². The average molecular weight is 262 g/mol. The molecule has 1 aromatic rings. The molecule has 6 heteroatoms. The lowest BCUT2D eigenvalue weighted by atomic mass is 10.2. The van der Waals surface area contributed by atoms with E-state index >= 15 is 0 Å². The predicted molar refractivity (Wildman–Crippen MR) is 62.4 cm³/mol. The quantitative estimate of drug-likeness (QED) is 0.767. The Morgan fingerprint density at radius 3 is 2.78 bits per heavy atom. The van der Waals surface area contributed by atoms with Crippen molar-refractivity contribution in [2.24, 2.45) is 0 Å². The molecule has 0 fully saturated rings. The number of nitrogens with one attached hydrogen (secondary N) is 1.